The molecule has 0 aliphatic carbocycles. The van der Waals surface area contributed by atoms with E-state index in [0.717, 1.165) is 30.6 Å². The fourth-order valence-corrected chi connectivity index (χ4v) is 5.12. The highest BCUT2D eigenvalue weighted by molar-refractivity contribution is 6.02. The van der Waals surface area contributed by atoms with Crippen LogP contribution in [-0.4, -0.2) is 47.3 Å². The van der Waals surface area contributed by atoms with Crippen LogP contribution in [0.3, 0.4) is 0 Å². The summed E-state index contributed by atoms with van der Waals surface area (Å²) in [6.07, 6.45) is 4.76. The van der Waals surface area contributed by atoms with Crippen molar-refractivity contribution in [3.63, 3.8) is 0 Å². The van der Waals surface area contributed by atoms with Crippen molar-refractivity contribution < 1.29 is 14.0 Å². The highest BCUT2D eigenvalue weighted by Gasteiger charge is 2.28. The molecule has 4 rings (SSSR count). The van der Waals surface area contributed by atoms with Crippen LogP contribution in [0.1, 0.15) is 71.4 Å². The van der Waals surface area contributed by atoms with Gasteiger partial charge in [0.2, 0.25) is 0 Å². The number of nitrogens with zero attached hydrogens (tertiary/aromatic N) is 2. The Balaban J connectivity index is 1.30. The van der Waals surface area contributed by atoms with Crippen LogP contribution in [0.15, 0.2) is 42.5 Å². The van der Waals surface area contributed by atoms with Crippen LogP contribution in [0.4, 0.5) is 4.39 Å². The minimum absolute atomic E-state index is 0.117. The molecule has 1 fully saturated rings. The van der Waals surface area contributed by atoms with Crippen molar-refractivity contribution in [2.75, 3.05) is 19.6 Å². The first-order chi connectivity index (χ1) is 15.9. The lowest BCUT2D eigenvalue weighted by Gasteiger charge is -2.38. The van der Waals surface area contributed by atoms with Crippen LogP contribution in [-0.2, 0) is 13.1 Å². The largest absolute Gasteiger partial charge is 0.352 e. The summed E-state index contributed by atoms with van der Waals surface area (Å²) in [5.41, 5.74) is 2.72. The lowest BCUT2D eigenvalue weighted by atomic mass is 9.92. The lowest BCUT2D eigenvalue weighted by molar-refractivity contribution is 0.0766. The lowest BCUT2D eigenvalue weighted by Crippen LogP contribution is -2.43. The number of carbonyl (C=O) groups is 2. The smallest absolute Gasteiger partial charge is 0.254 e. The van der Waals surface area contributed by atoms with E-state index in [1.54, 1.807) is 23.1 Å². The molecule has 2 aliphatic heterocycles. The molecule has 1 saturated heterocycles. The van der Waals surface area contributed by atoms with Crippen LogP contribution in [0.25, 0.3) is 0 Å². The van der Waals surface area contributed by atoms with Gasteiger partial charge in [0.25, 0.3) is 11.8 Å². The number of piperidine rings is 1. The van der Waals surface area contributed by atoms with E-state index >= 15 is 0 Å². The molecule has 0 spiro atoms. The molecule has 0 aromatic heterocycles. The van der Waals surface area contributed by atoms with Gasteiger partial charge in [0.05, 0.1) is 0 Å². The first-order valence-corrected chi connectivity index (χ1v) is 12.1. The van der Waals surface area contributed by atoms with E-state index in [1.165, 1.54) is 31.4 Å². The number of nitrogens with one attached hydrogen (secondary N) is 1. The Morgan fingerprint density at radius 2 is 2.03 bits per heavy atom. The third-order valence-corrected chi connectivity index (χ3v) is 6.85. The summed E-state index contributed by atoms with van der Waals surface area (Å²) in [5, 5.41) is 3.01. The third-order valence-electron chi connectivity index (χ3n) is 6.85. The summed E-state index contributed by atoms with van der Waals surface area (Å²) >= 11 is 0. The maximum Gasteiger partial charge on any atom is 0.254 e. The number of benzene rings is 2. The molecule has 5 nitrogen and oxygen atoms in total. The average Bonchev–Trinajstić information content (AvgIpc) is 3.11. The van der Waals surface area contributed by atoms with Crippen molar-refractivity contribution >= 4 is 11.8 Å². The van der Waals surface area contributed by atoms with Crippen molar-refractivity contribution in [3.8, 4) is 0 Å². The summed E-state index contributed by atoms with van der Waals surface area (Å²) in [6.45, 7) is 8.17. The second-order valence-electron chi connectivity index (χ2n) is 9.62. The highest BCUT2D eigenvalue weighted by Crippen LogP contribution is 2.26. The number of rotatable bonds is 8. The number of likely N-dealkylation sites (tertiary alicyclic amines) is 1. The number of hydrogen-bond donors (Lipinski definition) is 1. The maximum atomic E-state index is 13.5. The second kappa shape index (κ2) is 10.5. The van der Waals surface area contributed by atoms with E-state index in [0.29, 0.717) is 42.7 Å². The normalized spacial score (nSPS) is 18.6. The van der Waals surface area contributed by atoms with Crippen LogP contribution >= 0.6 is 0 Å². The van der Waals surface area contributed by atoms with Gasteiger partial charge in [0.15, 0.2) is 0 Å². The van der Waals surface area contributed by atoms with E-state index in [4.69, 9.17) is 0 Å². The molecule has 6 heteroatoms. The molecule has 2 aliphatic rings. The van der Waals surface area contributed by atoms with Gasteiger partial charge in [-0.15, -0.1) is 0 Å². The Kier molecular flexibility index (Phi) is 7.43. The van der Waals surface area contributed by atoms with Crippen LogP contribution < -0.4 is 5.32 Å². The minimum Gasteiger partial charge on any atom is -0.352 e. The molecule has 1 N–H and O–H groups in total. The molecule has 2 aromatic rings. The Morgan fingerprint density at radius 1 is 1.18 bits per heavy atom. The SMILES string of the molecule is CC(C)C1CCCCN1CCCNC(=O)c1ccc2c(c1)C(=O)N(Cc1cccc(F)c1)C2. The minimum atomic E-state index is -0.310. The quantitative estimate of drug-likeness (QED) is 0.596. The van der Waals surface area contributed by atoms with Gasteiger partial charge in [0, 0.05) is 43.3 Å². The molecule has 1 unspecified atom stereocenters. The van der Waals surface area contributed by atoms with Crippen molar-refractivity contribution in [2.24, 2.45) is 5.92 Å². The summed E-state index contributed by atoms with van der Waals surface area (Å²) in [6, 6.07) is 12.3. The summed E-state index contributed by atoms with van der Waals surface area (Å²) in [7, 11) is 0. The Labute approximate surface area is 196 Å². The fourth-order valence-electron chi connectivity index (χ4n) is 5.12. The number of amides is 2. The molecule has 2 aromatic carbocycles. The zero-order valence-corrected chi connectivity index (χ0v) is 19.6. The number of hydrogen-bond acceptors (Lipinski definition) is 3. The van der Waals surface area contributed by atoms with Crippen LogP contribution in [0.5, 0.6) is 0 Å². The van der Waals surface area contributed by atoms with Gasteiger partial charge in [-0.05, 0) is 67.1 Å². The van der Waals surface area contributed by atoms with Gasteiger partial charge in [0.1, 0.15) is 5.82 Å². The van der Waals surface area contributed by atoms with Gasteiger partial charge < -0.3 is 15.1 Å². The van der Waals surface area contributed by atoms with Gasteiger partial charge in [-0.3, -0.25) is 9.59 Å². The van der Waals surface area contributed by atoms with Crippen molar-refractivity contribution in [1.82, 2.24) is 15.1 Å². The van der Waals surface area contributed by atoms with E-state index in [1.807, 2.05) is 12.1 Å². The Bertz CT molecular complexity index is 1010. The third kappa shape index (κ3) is 5.61. The van der Waals surface area contributed by atoms with E-state index in [9.17, 15) is 14.0 Å². The molecule has 0 saturated carbocycles. The van der Waals surface area contributed by atoms with Crippen molar-refractivity contribution in [3.05, 3.63) is 70.5 Å². The Hall–Kier alpha value is -2.73. The Morgan fingerprint density at radius 3 is 2.82 bits per heavy atom. The molecule has 176 valence electrons. The van der Waals surface area contributed by atoms with E-state index < -0.39 is 0 Å². The second-order valence-corrected chi connectivity index (χ2v) is 9.62. The molecule has 33 heavy (non-hydrogen) atoms. The number of fused-ring (bicyclic) bond motifs is 1. The van der Waals surface area contributed by atoms with Crippen molar-refractivity contribution in [2.45, 2.75) is 58.7 Å². The average molecular weight is 452 g/mol. The predicted molar refractivity (Wildman–Crippen MR) is 127 cm³/mol. The van der Waals surface area contributed by atoms with Crippen LogP contribution in [0, 0.1) is 11.7 Å². The molecular formula is C27H34FN3O2. The molecule has 2 amide bonds. The first-order valence-electron chi connectivity index (χ1n) is 12.1. The van der Waals surface area contributed by atoms with Gasteiger partial charge >= 0.3 is 0 Å². The maximum absolute atomic E-state index is 13.5. The van der Waals surface area contributed by atoms with Crippen LogP contribution in [0.2, 0.25) is 0 Å². The van der Waals surface area contributed by atoms with Gasteiger partial charge in [-0.25, -0.2) is 4.39 Å². The topological polar surface area (TPSA) is 52.7 Å². The molecule has 2 heterocycles. The van der Waals surface area contributed by atoms with E-state index in [-0.39, 0.29) is 17.6 Å². The standard InChI is InChI=1S/C27H34FN3O2/c1-19(2)25-9-3-4-13-30(25)14-6-12-29-26(32)21-10-11-22-18-31(27(33)24(22)16-21)17-20-7-5-8-23(28)15-20/h5,7-8,10-11,15-16,19,25H,3-4,6,9,12-14,17-18H2,1-2H3,(H,29,32). The summed E-state index contributed by atoms with van der Waals surface area (Å²) in [5.74, 6) is 0.0851. The van der Waals surface area contributed by atoms with Gasteiger partial charge in [-0.1, -0.05) is 38.5 Å². The first kappa shape index (κ1) is 23.4. The number of carbonyl (C=O) groups excluding carboxylic acids is 2. The molecule has 0 radical (unpaired) electrons. The van der Waals surface area contributed by atoms with Crippen molar-refractivity contribution in [1.29, 1.82) is 0 Å². The van der Waals surface area contributed by atoms with Gasteiger partial charge in [-0.2, -0.15) is 0 Å². The summed E-state index contributed by atoms with van der Waals surface area (Å²) < 4.78 is 13.5. The fraction of sp³-hybridized carbons (Fsp3) is 0.481. The monoisotopic (exact) mass is 451 g/mol. The zero-order chi connectivity index (χ0) is 23.4. The number of halogens is 1. The molecule has 0 bridgehead atoms. The summed E-state index contributed by atoms with van der Waals surface area (Å²) in [4.78, 5) is 29.8. The zero-order valence-electron chi connectivity index (χ0n) is 19.6. The van der Waals surface area contributed by atoms with E-state index in [2.05, 4.69) is 24.1 Å². The molecular weight excluding hydrogens is 417 g/mol. The predicted octanol–water partition coefficient (Wildman–Crippen LogP) is 4.61. The molecule has 1 atom stereocenters. The highest BCUT2D eigenvalue weighted by atomic mass is 19.1.